The maximum absolute atomic E-state index is 12.8. The molecule has 0 N–H and O–H groups in total. The molecule has 0 saturated carbocycles. The molecule has 2 aromatic heterocycles. The van der Waals surface area contributed by atoms with E-state index in [4.69, 9.17) is 0 Å². The second-order valence-electron chi connectivity index (χ2n) is 8.79. The molecule has 0 atom stereocenters. The van der Waals surface area contributed by atoms with Gasteiger partial charge in [0.05, 0.1) is 11.9 Å². The third-order valence-corrected chi connectivity index (χ3v) is 7.71. The molecule has 5 heterocycles. The summed E-state index contributed by atoms with van der Waals surface area (Å²) in [5.41, 5.74) is 0. The van der Waals surface area contributed by atoms with Gasteiger partial charge >= 0.3 is 0 Å². The predicted octanol–water partition coefficient (Wildman–Crippen LogP) is 1.67. The Morgan fingerprint density at radius 2 is 1.68 bits per heavy atom. The molecular weight excluding hydrogens is 412 g/mol. The van der Waals surface area contributed by atoms with Gasteiger partial charge in [-0.25, -0.2) is 9.97 Å². The smallest absolute Gasteiger partial charge is 0.236 e. The predicted molar refractivity (Wildman–Crippen MR) is 121 cm³/mol. The molecule has 166 valence electrons. The van der Waals surface area contributed by atoms with Crippen molar-refractivity contribution in [3.05, 3.63) is 17.8 Å². The van der Waals surface area contributed by atoms with Crippen LogP contribution in [0.1, 0.15) is 25.7 Å². The lowest BCUT2D eigenvalue weighted by molar-refractivity contribution is -0.140. The van der Waals surface area contributed by atoms with E-state index in [1.54, 1.807) is 17.7 Å². The number of piperazine rings is 1. The molecule has 9 heteroatoms. The van der Waals surface area contributed by atoms with Gasteiger partial charge in [-0.3, -0.25) is 14.5 Å². The van der Waals surface area contributed by atoms with Crippen molar-refractivity contribution in [2.24, 2.45) is 5.92 Å². The Hall–Kier alpha value is -2.26. The number of aromatic nitrogens is 2. The first kappa shape index (κ1) is 20.6. The highest BCUT2D eigenvalue weighted by atomic mass is 32.1. The van der Waals surface area contributed by atoms with Crippen LogP contribution in [0.4, 0.5) is 5.82 Å². The molecule has 0 unspecified atom stereocenters. The number of carbonyl (C=O) groups is 2. The number of thiophene rings is 1. The monoisotopic (exact) mass is 442 g/mol. The first-order valence-corrected chi connectivity index (χ1v) is 12.3. The van der Waals surface area contributed by atoms with E-state index in [1.807, 2.05) is 9.80 Å². The van der Waals surface area contributed by atoms with Crippen LogP contribution in [-0.2, 0) is 9.59 Å². The van der Waals surface area contributed by atoms with Gasteiger partial charge in [-0.15, -0.1) is 11.3 Å². The fourth-order valence-electron chi connectivity index (χ4n) is 5.01. The number of piperidine rings is 1. The third-order valence-electron chi connectivity index (χ3n) is 6.89. The molecule has 0 bridgehead atoms. The molecule has 5 rings (SSSR count). The van der Waals surface area contributed by atoms with Crippen LogP contribution in [0.5, 0.6) is 0 Å². The lowest BCUT2D eigenvalue weighted by atomic mass is 9.95. The van der Waals surface area contributed by atoms with Gasteiger partial charge in [0.1, 0.15) is 17.0 Å². The Morgan fingerprint density at radius 3 is 2.42 bits per heavy atom. The maximum atomic E-state index is 12.8. The number of amides is 2. The number of likely N-dealkylation sites (tertiary alicyclic amines) is 2. The molecule has 0 spiro atoms. The molecule has 3 aliphatic rings. The van der Waals surface area contributed by atoms with Crippen molar-refractivity contribution in [1.29, 1.82) is 0 Å². The Bertz CT molecular complexity index is 927. The van der Waals surface area contributed by atoms with Crippen molar-refractivity contribution in [1.82, 2.24) is 24.7 Å². The van der Waals surface area contributed by atoms with E-state index in [0.717, 1.165) is 81.0 Å². The molecule has 8 nitrogen and oxygen atoms in total. The Balaban J connectivity index is 1.09. The number of rotatable bonds is 4. The minimum absolute atomic E-state index is 0.104. The molecule has 0 aliphatic carbocycles. The van der Waals surface area contributed by atoms with Gasteiger partial charge in [0.25, 0.3) is 0 Å². The van der Waals surface area contributed by atoms with Gasteiger partial charge in [-0.1, -0.05) is 0 Å². The molecule has 3 aliphatic heterocycles. The minimum atomic E-state index is 0.104. The van der Waals surface area contributed by atoms with Gasteiger partial charge in [-0.05, 0) is 37.1 Å². The van der Waals surface area contributed by atoms with E-state index in [9.17, 15) is 9.59 Å². The molecule has 3 fully saturated rings. The van der Waals surface area contributed by atoms with Crippen LogP contribution in [0.15, 0.2) is 17.8 Å². The highest BCUT2D eigenvalue weighted by molar-refractivity contribution is 7.16. The van der Waals surface area contributed by atoms with Crippen LogP contribution < -0.4 is 4.90 Å². The van der Waals surface area contributed by atoms with Gasteiger partial charge in [-0.2, -0.15) is 0 Å². The van der Waals surface area contributed by atoms with Crippen LogP contribution >= 0.6 is 11.3 Å². The second kappa shape index (κ2) is 9.08. The van der Waals surface area contributed by atoms with Crippen LogP contribution in [0.3, 0.4) is 0 Å². The van der Waals surface area contributed by atoms with Crippen LogP contribution in [0, 0.1) is 5.92 Å². The van der Waals surface area contributed by atoms with Gasteiger partial charge < -0.3 is 14.7 Å². The summed E-state index contributed by atoms with van der Waals surface area (Å²) in [6.45, 7) is 7.14. The summed E-state index contributed by atoms with van der Waals surface area (Å²) in [6, 6.07) is 2.09. The highest BCUT2D eigenvalue weighted by Crippen LogP contribution is 2.27. The van der Waals surface area contributed by atoms with Crippen molar-refractivity contribution in [2.45, 2.75) is 25.7 Å². The number of hydrogen-bond donors (Lipinski definition) is 0. The number of nitrogens with zero attached hydrogens (tertiary/aromatic N) is 6. The normalized spacial score (nSPS) is 21.2. The maximum Gasteiger partial charge on any atom is 0.236 e. The summed E-state index contributed by atoms with van der Waals surface area (Å²) in [7, 11) is 0. The van der Waals surface area contributed by atoms with Gasteiger partial charge in [0.15, 0.2) is 0 Å². The lowest BCUT2D eigenvalue weighted by Crippen LogP contribution is -2.51. The van der Waals surface area contributed by atoms with Crippen molar-refractivity contribution in [3.8, 4) is 0 Å². The number of fused-ring (bicyclic) bond motifs is 1. The molecule has 0 aromatic carbocycles. The quantitative estimate of drug-likeness (QED) is 0.717. The average Bonchev–Trinajstić information content (AvgIpc) is 3.51. The van der Waals surface area contributed by atoms with E-state index in [0.29, 0.717) is 25.5 Å². The van der Waals surface area contributed by atoms with Crippen molar-refractivity contribution < 1.29 is 9.59 Å². The van der Waals surface area contributed by atoms with E-state index in [1.165, 1.54) is 0 Å². The Kier molecular flexibility index (Phi) is 6.04. The molecule has 0 radical (unpaired) electrons. The molecule has 3 saturated heterocycles. The zero-order chi connectivity index (χ0) is 21.2. The van der Waals surface area contributed by atoms with Crippen LogP contribution in [0.25, 0.3) is 10.2 Å². The summed E-state index contributed by atoms with van der Waals surface area (Å²) in [5.74, 6) is 1.61. The third kappa shape index (κ3) is 4.39. The first-order valence-electron chi connectivity index (χ1n) is 11.4. The standard InChI is InChI=1S/C22H30N6O2S/c29-19(26-8-3-17(4-9-26)22(30)28-6-1-2-7-28)15-25-10-12-27(13-11-25)20-18-5-14-31-21(18)24-16-23-20/h5,14,16-17H,1-4,6-13,15H2. The number of carbonyl (C=O) groups excluding carboxylic acids is 2. The second-order valence-corrected chi connectivity index (χ2v) is 9.68. The highest BCUT2D eigenvalue weighted by Gasteiger charge is 2.32. The summed E-state index contributed by atoms with van der Waals surface area (Å²) in [4.78, 5) is 43.8. The van der Waals surface area contributed by atoms with E-state index in [-0.39, 0.29) is 11.8 Å². The summed E-state index contributed by atoms with van der Waals surface area (Å²) in [6.07, 6.45) is 5.51. The van der Waals surface area contributed by atoms with E-state index >= 15 is 0 Å². The largest absolute Gasteiger partial charge is 0.353 e. The van der Waals surface area contributed by atoms with Crippen molar-refractivity contribution in [3.63, 3.8) is 0 Å². The minimum Gasteiger partial charge on any atom is -0.353 e. The van der Waals surface area contributed by atoms with Crippen LogP contribution in [0.2, 0.25) is 0 Å². The molecule has 2 aromatic rings. The van der Waals surface area contributed by atoms with Gasteiger partial charge in [0.2, 0.25) is 11.8 Å². The summed E-state index contributed by atoms with van der Waals surface area (Å²) >= 11 is 1.64. The number of hydrogen-bond acceptors (Lipinski definition) is 7. The summed E-state index contributed by atoms with van der Waals surface area (Å²) in [5, 5.41) is 3.17. The zero-order valence-electron chi connectivity index (χ0n) is 17.9. The van der Waals surface area contributed by atoms with Crippen molar-refractivity contribution in [2.75, 3.05) is 63.8 Å². The SMILES string of the molecule is O=C(CN1CCN(c2ncnc3sccc23)CC1)N1CCC(C(=O)N2CCCC2)CC1. The molecule has 31 heavy (non-hydrogen) atoms. The average molecular weight is 443 g/mol. The fourth-order valence-corrected chi connectivity index (χ4v) is 5.74. The van der Waals surface area contributed by atoms with Gasteiger partial charge in [0, 0.05) is 58.3 Å². The van der Waals surface area contributed by atoms with Crippen molar-refractivity contribution >= 4 is 39.2 Å². The summed E-state index contributed by atoms with van der Waals surface area (Å²) < 4.78 is 0. The van der Waals surface area contributed by atoms with E-state index < -0.39 is 0 Å². The number of anilines is 1. The van der Waals surface area contributed by atoms with Crippen LogP contribution in [-0.4, -0.2) is 95.4 Å². The Labute approximate surface area is 186 Å². The van der Waals surface area contributed by atoms with E-state index in [2.05, 4.69) is 31.2 Å². The topological polar surface area (TPSA) is 72.9 Å². The Morgan fingerprint density at radius 1 is 0.935 bits per heavy atom. The zero-order valence-corrected chi connectivity index (χ0v) is 18.7. The first-order chi connectivity index (χ1) is 15.2. The molecule has 2 amide bonds. The lowest BCUT2D eigenvalue weighted by Gasteiger charge is -2.37. The molecular formula is C22H30N6O2S. The fraction of sp³-hybridized carbons (Fsp3) is 0.636.